The monoisotopic (exact) mass is 599 g/mol. The van der Waals surface area contributed by atoms with Gasteiger partial charge in [0, 0.05) is 13.0 Å². The maximum atomic E-state index is 13.1. The quantitative estimate of drug-likeness (QED) is 0.0764. The summed E-state index contributed by atoms with van der Waals surface area (Å²) in [4.78, 5) is 85.7. The van der Waals surface area contributed by atoms with Gasteiger partial charge in [0.1, 0.15) is 18.1 Å². The Balaban J connectivity index is 2.81. The Kier molecular flexibility index (Phi) is 15.4. The molecule has 42 heavy (non-hydrogen) atoms. The van der Waals surface area contributed by atoms with Crippen LogP contribution in [0.1, 0.15) is 59.8 Å². The van der Waals surface area contributed by atoms with Crippen molar-refractivity contribution in [2.75, 3.05) is 19.6 Å². The van der Waals surface area contributed by atoms with Crippen LogP contribution >= 0.6 is 0 Å². The van der Waals surface area contributed by atoms with Crippen molar-refractivity contribution < 1.29 is 43.8 Å². The molecule has 5 atom stereocenters. The van der Waals surface area contributed by atoms with Gasteiger partial charge in [-0.3, -0.25) is 28.8 Å². The minimum atomic E-state index is -1.27. The number of amides is 6. The van der Waals surface area contributed by atoms with Gasteiger partial charge in [-0.2, -0.15) is 0 Å². The number of hydrogen-bond acceptors (Lipinski definition) is 9. The molecule has 16 heteroatoms. The highest BCUT2D eigenvalue weighted by molar-refractivity contribution is 5.95. The molecule has 6 amide bonds. The van der Waals surface area contributed by atoms with E-state index in [-0.39, 0.29) is 50.5 Å². The van der Waals surface area contributed by atoms with E-state index >= 15 is 0 Å². The highest BCUT2D eigenvalue weighted by atomic mass is 16.4. The Bertz CT molecular complexity index is 989. The molecule has 1 saturated heterocycles. The fourth-order valence-corrected chi connectivity index (χ4v) is 4.21. The highest BCUT2D eigenvalue weighted by Gasteiger charge is 2.30. The predicted molar refractivity (Wildman–Crippen MR) is 149 cm³/mol. The first-order valence-electron chi connectivity index (χ1n) is 14.0. The number of primary amides is 1. The van der Waals surface area contributed by atoms with Gasteiger partial charge in [-0.15, -0.1) is 0 Å². The Morgan fingerprint density at radius 3 is 1.86 bits per heavy atom. The second kappa shape index (κ2) is 17.9. The van der Waals surface area contributed by atoms with Gasteiger partial charge in [-0.1, -0.05) is 27.7 Å². The molecule has 0 aromatic heterocycles. The van der Waals surface area contributed by atoms with Gasteiger partial charge >= 0.3 is 5.97 Å². The third-order valence-corrected chi connectivity index (χ3v) is 6.28. The molecular formula is C26H45N7O9. The average Bonchev–Trinajstić information content (AvgIpc) is 3.32. The lowest BCUT2D eigenvalue weighted by molar-refractivity contribution is -0.142. The summed E-state index contributed by atoms with van der Waals surface area (Å²) in [5.41, 5.74) is 5.21. The first-order chi connectivity index (χ1) is 19.6. The Labute approximate surface area is 244 Å². The molecule has 0 aromatic carbocycles. The van der Waals surface area contributed by atoms with Crippen LogP contribution in [0.3, 0.4) is 0 Å². The van der Waals surface area contributed by atoms with E-state index in [9.17, 15) is 43.8 Å². The summed E-state index contributed by atoms with van der Waals surface area (Å²) in [5.74, 6) is -5.45. The molecule has 0 aromatic rings. The molecule has 16 nitrogen and oxygen atoms in total. The number of β-amino-alcohol motifs (C(OH)–C–C–N with tert-alkyl or cyclic N) is 1. The standard InChI is InChI=1S/C26H45N7O9/c1-13(2)7-18(24(39)30-12-22(37)32-19(26(41)42)8-14(3)4)33-25(40)16(5-6-20(27)35)31-21(36)11-29-23(38)17-9-15(34)10-28-17/h13-19,28,34H,5-12H2,1-4H3,(H2,27,35)(H,29,38)(H,30,39)(H,31,36)(H,32,37)(H,33,40)(H,41,42)/t15-,16+,17+,18+,19+/m0/s1. The van der Waals surface area contributed by atoms with E-state index in [1.807, 2.05) is 0 Å². The molecule has 0 radical (unpaired) electrons. The number of aliphatic hydroxyl groups excluding tert-OH is 1. The van der Waals surface area contributed by atoms with Crippen molar-refractivity contribution in [2.24, 2.45) is 17.6 Å². The van der Waals surface area contributed by atoms with Gasteiger partial charge in [-0.05, 0) is 37.5 Å². The van der Waals surface area contributed by atoms with Crippen molar-refractivity contribution in [3.8, 4) is 0 Å². The Morgan fingerprint density at radius 2 is 1.36 bits per heavy atom. The lowest BCUT2D eigenvalue weighted by Crippen LogP contribution is -2.56. The third kappa shape index (κ3) is 14.2. The summed E-state index contributed by atoms with van der Waals surface area (Å²) in [6, 6.07) is -4.18. The molecular weight excluding hydrogens is 554 g/mol. The van der Waals surface area contributed by atoms with E-state index in [2.05, 4.69) is 31.9 Å². The number of carboxylic acids is 1. The summed E-state index contributed by atoms with van der Waals surface area (Å²) in [6.45, 7) is 6.45. The van der Waals surface area contributed by atoms with Crippen LogP contribution in [0.25, 0.3) is 0 Å². The largest absolute Gasteiger partial charge is 0.480 e. The van der Waals surface area contributed by atoms with Crippen LogP contribution < -0.4 is 37.6 Å². The Morgan fingerprint density at radius 1 is 0.810 bits per heavy atom. The molecule has 10 N–H and O–H groups in total. The fourth-order valence-electron chi connectivity index (χ4n) is 4.21. The summed E-state index contributed by atoms with van der Waals surface area (Å²) in [5, 5.41) is 33.8. The summed E-state index contributed by atoms with van der Waals surface area (Å²) in [7, 11) is 0. The fraction of sp³-hybridized carbons (Fsp3) is 0.731. The lowest BCUT2D eigenvalue weighted by atomic mass is 10.0. The van der Waals surface area contributed by atoms with E-state index in [1.165, 1.54) is 0 Å². The van der Waals surface area contributed by atoms with Crippen molar-refractivity contribution in [1.82, 2.24) is 31.9 Å². The van der Waals surface area contributed by atoms with Gasteiger partial charge in [0.15, 0.2) is 0 Å². The van der Waals surface area contributed by atoms with Crippen molar-refractivity contribution in [3.05, 3.63) is 0 Å². The van der Waals surface area contributed by atoms with Crippen LogP contribution in [0.4, 0.5) is 0 Å². The maximum absolute atomic E-state index is 13.1. The van der Waals surface area contributed by atoms with Crippen molar-refractivity contribution in [2.45, 2.75) is 90.1 Å². The van der Waals surface area contributed by atoms with Gasteiger partial charge in [0.05, 0.1) is 25.2 Å². The minimum absolute atomic E-state index is 0.00391. The minimum Gasteiger partial charge on any atom is -0.480 e. The van der Waals surface area contributed by atoms with Crippen molar-refractivity contribution >= 4 is 41.4 Å². The van der Waals surface area contributed by atoms with Crippen LogP contribution in [0, 0.1) is 11.8 Å². The topological polar surface area (TPSA) is 258 Å². The molecule has 1 fully saturated rings. The second-order valence-electron chi connectivity index (χ2n) is 11.2. The van der Waals surface area contributed by atoms with E-state index in [0.717, 1.165) is 0 Å². The zero-order valence-electron chi connectivity index (χ0n) is 24.5. The third-order valence-electron chi connectivity index (χ3n) is 6.28. The number of nitrogens with one attached hydrogen (secondary N) is 6. The normalized spacial score (nSPS) is 18.5. The zero-order chi connectivity index (χ0) is 32.0. The Hall–Kier alpha value is -3.79. The molecule has 1 rings (SSSR count). The average molecular weight is 600 g/mol. The van der Waals surface area contributed by atoms with E-state index in [0.29, 0.717) is 0 Å². The SMILES string of the molecule is CC(C)C[C@@H](NC(=O)CNC(=O)[C@@H](CC(C)C)NC(=O)[C@@H](CCC(N)=O)NC(=O)CNC(=O)[C@H]1C[C@H](O)CN1)C(=O)O. The maximum Gasteiger partial charge on any atom is 0.326 e. The molecule has 0 bridgehead atoms. The van der Waals surface area contributed by atoms with Gasteiger partial charge in [-0.25, -0.2) is 4.79 Å². The number of rotatable bonds is 18. The molecule has 0 spiro atoms. The van der Waals surface area contributed by atoms with E-state index < -0.39 is 84.8 Å². The van der Waals surface area contributed by atoms with Gasteiger partial charge in [0.25, 0.3) is 0 Å². The first kappa shape index (κ1) is 36.2. The van der Waals surface area contributed by atoms with Gasteiger partial charge < -0.3 is 47.8 Å². The summed E-state index contributed by atoms with van der Waals surface area (Å²) in [6.07, 6.45) is -0.552. The molecule has 0 aliphatic carbocycles. The number of aliphatic hydroxyl groups is 1. The number of carbonyl (C=O) groups excluding carboxylic acids is 6. The molecule has 1 aliphatic heterocycles. The number of carboxylic acid groups (broad SMARTS) is 1. The summed E-state index contributed by atoms with van der Waals surface area (Å²) < 4.78 is 0. The first-order valence-corrected chi connectivity index (χ1v) is 14.0. The number of hydrogen-bond donors (Lipinski definition) is 9. The predicted octanol–water partition coefficient (Wildman–Crippen LogP) is -3.16. The molecule has 238 valence electrons. The van der Waals surface area contributed by atoms with Crippen LogP contribution in [0.5, 0.6) is 0 Å². The van der Waals surface area contributed by atoms with Crippen LogP contribution in [0.15, 0.2) is 0 Å². The number of nitrogens with two attached hydrogens (primary N) is 1. The smallest absolute Gasteiger partial charge is 0.326 e. The molecule has 0 saturated carbocycles. The number of aliphatic carboxylic acids is 1. The van der Waals surface area contributed by atoms with E-state index in [4.69, 9.17) is 5.73 Å². The molecule has 0 unspecified atom stereocenters. The van der Waals surface area contributed by atoms with Crippen molar-refractivity contribution in [3.63, 3.8) is 0 Å². The van der Waals surface area contributed by atoms with Gasteiger partial charge in [0.2, 0.25) is 35.4 Å². The molecule has 1 aliphatic rings. The van der Waals surface area contributed by atoms with E-state index in [1.54, 1.807) is 27.7 Å². The summed E-state index contributed by atoms with van der Waals surface area (Å²) >= 11 is 0. The second-order valence-corrected chi connectivity index (χ2v) is 11.2. The molecule has 1 heterocycles. The van der Waals surface area contributed by atoms with Crippen LogP contribution in [-0.4, -0.2) is 102 Å². The number of carbonyl (C=O) groups is 7. The van der Waals surface area contributed by atoms with Crippen LogP contribution in [0.2, 0.25) is 0 Å². The lowest BCUT2D eigenvalue weighted by Gasteiger charge is -2.24. The van der Waals surface area contributed by atoms with Crippen molar-refractivity contribution in [1.29, 1.82) is 0 Å². The zero-order valence-corrected chi connectivity index (χ0v) is 24.5. The highest BCUT2D eigenvalue weighted by Crippen LogP contribution is 2.08. The van der Waals surface area contributed by atoms with Crippen LogP contribution in [-0.2, 0) is 33.6 Å².